The predicted octanol–water partition coefficient (Wildman–Crippen LogP) is 3.99. The topological polar surface area (TPSA) is 103 Å². The summed E-state index contributed by atoms with van der Waals surface area (Å²) in [6, 6.07) is 13.5. The summed E-state index contributed by atoms with van der Waals surface area (Å²) < 4.78 is 33.3. The monoisotopic (exact) mass is 484 g/mol. The first-order valence-electron chi connectivity index (χ1n) is 11.7. The maximum atomic E-state index is 13.1. The summed E-state index contributed by atoms with van der Waals surface area (Å²) in [4.78, 5) is 15.3. The van der Waals surface area contributed by atoms with Gasteiger partial charge < -0.3 is 15.0 Å². The summed E-state index contributed by atoms with van der Waals surface area (Å²) in [5, 5.41) is 11.8. The smallest absolute Gasteiger partial charge is 0.265 e. The highest BCUT2D eigenvalue weighted by atomic mass is 32.2. The fraction of sp³-hybridized carbons (Fsp3) is 0.440. The molecule has 1 fully saturated rings. The van der Waals surface area contributed by atoms with E-state index in [2.05, 4.69) is 10.2 Å². The lowest BCUT2D eigenvalue weighted by Gasteiger charge is -2.31. The lowest BCUT2D eigenvalue weighted by Crippen LogP contribution is -2.34. The Labute approximate surface area is 202 Å². The summed E-state index contributed by atoms with van der Waals surface area (Å²) in [6.07, 6.45) is 2.42. The van der Waals surface area contributed by atoms with Crippen LogP contribution in [0.1, 0.15) is 45.6 Å². The van der Waals surface area contributed by atoms with E-state index in [-0.39, 0.29) is 10.8 Å². The summed E-state index contributed by atoms with van der Waals surface area (Å²) in [6.45, 7) is 7.66. The molecule has 2 aromatic rings. The number of nitriles is 1. The van der Waals surface area contributed by atoms with Gasteiger partial charge >= 0.3 is 0 Å². The first-order valence-corrected chi connectivity index (χ1v) is 13.1. The number of carbonyl (C=O) groups excluding carboxylic acids is 1. The third-order valence-corrected chi connectivity index (χ3v) is 7.98. The Morgan fingerprint density at radius 1 is 1.12 bits per heavy atom. The molecule has 1 aliphatic heterocycles. The number of carbonyl (C=O) groups is 1. The van der Waals surface area contributed by atoms with Gasteiger partial charge in [-0.05, 0) is 68.7 Å². The van der Waals surface area contributed by atoms with E-state index in [4.69, 9.17) is 10.00 Å². The Hall–Kier alpha value is -3.09. The minimum Gasteiger partial charge on any atom is -0.481 e. The lowest BCUT2D eigenvalue weighted by atomic mass is 10.1. The van der Waals surface area contributed by atoms with Gasteiger partial charge in [0, 0.05) is 26.2 Å². The lowest BCUT2D eigenvalue weighted by molar-refractivity contribution is -0.122. The quantitative estimate of drug-likeness (QED) is 0.577. The van der Waals surface area contributed by atoms with E-state index in [1.165, 1.54) is 4.31 Å². The number of sulfonamides is 1. The molecule has 2 aromatic carbocycles. The van der Waals surface area contributed by atoms with Crippen LogP contribution in [-0.2, 0) is 14.8 Å². The van der Waals surface area contributed by atoms with Crippen molar-refractivity contribution in [3.05, 3.63) is 48.0 Å². The number of nitrogens with zero attached hydrogens (tertiary/aromatic N) is 3. The molecule has 1 heterocycles. The van der Waals surface area contributed by atoms with Crippen LogP contribution in [0, 0.1) is 11.3 Å². The molecule has 182 valence electrons. The number of rotatable bonds is 9. The number of ether oxygens (including phenoxy) is 1. The van der Waals surface area contributed by atoms with Crippen LogP contribution in [0.5, 0.6) is 5.75 Å². The second-order valence-electron chi connectivity index (χ2n) is 8.20. The largest absolute Gasteiger partial charge is 0.481 e. The molecule has 1 aliphatic rings. The van der Waals surface area contributed by atoms with E-state index < -0.39 is 16.1 Å². The van der Waals surface area contributed by atoms with Gasteiger partial charge in [-0.25, -0.2) is 8.42 Å². The van der Waals surface area contributed by atoms with Crippen molar-refractivity contribution in [2.75, 3.05) is 36.4 Å². The molecule has 34 heavy (non-hydrogen) atoms. The van der Waals surface area contributed by atoms with Crippen molar-refractivity contribution in [3.8, 4) is 11.8 Å². The van der Waals surface area contributed by atoms with Crippen molar-refractivity contribution in [1.82, 2.24) is 4.31 Å². The standard InChI is InChI=1S/C25H32N4O4S/c1-4-29(5-2)34(31,32)22-13-14-24(28-15-7-6-8-16-28)23(17-22)27-25(30)19(3)33-21-11-9-20(18-26)10-12-21/h9-14,17,19H,4-8,15-16H2,1-3H3,(H,27,30)/t19-/m0/s1. The number of benzene rings is 2. The zero-order chi connectivity index (χ0) is 24.7. The Morgan fingerprint density at radius 2 is 1.76 bits per heavy atom. The van der Waals surface area contributed by atoms with Crippen LogP contribution >= 0.6 is 0 Å². The summed E-state index contributed by atoms with van der Waals surface area (Å²) in [7, 11) is -3.68. The second-order valence-corrected chi connectivity index (χ2v) is 10.1. The molecule has 1 atom stereocenters. The van der Waals surface area contributed by atoms with Gasteiger partial charge in [-0.1, -0.05) is 13.8 Å². The molecule has 0 unspecified atom stereocenters. The van der Waals surface area contributed by atoms with Crippen LogP contribution in [0.3, 0.4) is 0 Å². The molecule has 9 heteroatoms. The summed E-state index contributed by atoms with van der Waals surface area (Å²) >= 11 is 0. The van der Waals surface area contributed by atoms with Gasteiger partial charge in [-0.15, -0.1) is 0 Å². The van der Waals surface area contributed by atoms with E-state index in [0.29, 0.717) is 30.1 Å². The minimum absolute atomic E-state index is 0.146. The third kappa shape index (κ3) is 5.88. The molecule has 1 N–H and O–H groups in total. The fourth-order valence-corrected chi connectivity index (χ4v) is 5.48. The van der Waals surface area contributed by atoms with Crippen molar-refractivity contribution in [1.29, 1.82) is 5.26 Å². The Bertz CT molecular complexity index is 1130. The number of hydrogen-bond acceptors (Lipinski definition) is 6. The molecule has 8 nitrogen and oxygen atoms in total. The van der Waals surface area contributed by atoms with Gasteiger partial charge in [0.25, 0.3) is 5.91 Å². The molecule has 3 rings (SSSR count). The number of anilines is 2. The highest BCUT2D eigenvalue weighted by Gasteiger charge is 2.25. The molecular formula is C25H32N4O4S. The summed E-state index contributed by atoms with van der Waals surface area (Å²) in [5.74, 6) is 0.0794. The van der Waals surface area contributed by atoms with Crippen molar-refractivity contribution in [2.45, 2.75) is 51.0 Å². The number of hydrogen-bond donors (Lipinski definition) is 1. The van der Waals surface area contributed by atoms with Crippen LogP contribution in [0.25, 0.3) is 0 Å². The van der Waals surface area contributed by atoms with Gasteiger partial charge in [-0.3, -0.25) is 4.79 Å². The third-order valence-electron chi connectivity index (χ3n) is 5.93. The van der Waals surface area contributed by atoms with Crippen molar-refractivity contribution >= 4 is 27.3 Å². The van der Waals surface area contributed by atoms with Gasteiger partial charge in [0.05, 0.1) is 27.9 Å². The van der Waals surface area contributed by atoms with Gasteiger partial charge in [0.1, 0.15) is 5.75 Å². The van der Waals surface area contributed by atoms with Crippen LogP contribution in [0.2, 0.25) is 0 Å². The average Bonchev–Trinajstić information content (AvgIpc) is 2.85. The zero-order valence-electron chi connectivity index (χ0n) is 20.0. The molecule has 0 aromatic heterocycles. The van der Waals surface area contributed by atoms with Crippen LogP contribution in [0.4, 0.5) is 11.4 Å². The van der Waals surface area contributed by atoms with Crippen LogP contribution in [0.15, 0.2) is 47.4 Å². The zero-order valence-corrected chi connectivity index (χ0v) is 20.8. The fourth-order valence-electron chi connectivity index (χ4n) is 4.00. The Morgan fingerprint density at radius 3 is 2.35 bits per heavy atom. The highest BCUT2D eigenvalue weighted by Crippen LogP contribution is 2.32. The van der Waals surface area contributed by atoms with Crippen molar-refractivity contribution < 1.29 is 17.9 Å². The number of piperidine rings is 1. The first kappa shape index (κ1) is 25.5. The SMILES string of the molecule is CCN(CC)S(=O)(=O)c1ccc(N2CCCCC2)c(NC(=O)[C@H](C)Oc2ccc(C#N)cc2)c1. The van der Waals surface area contributed by atoms with Crippen LogP contribution < -0.4 is 15.0 Å². The first-order chi connectivity index (χ1) is 16.3. The van der Waals surface area contributed by atoms with Crippen molar-refractivity contribution in [3.63, 3.8) is 0 Å². The van der Waals surface area contributed by atoms with E-state index in [1.807, 2.05) is 6.07 Å². The molecular weight excluding hydrogens is 452 g/mol. The molecule has 0 aliphatic carbocycles. The molecule has 0 bridgehead atoms. The highest BCUT2D eigenvalue weighted by molar-refractivity contribution is 7.89. The number of amides is 1. The molecule has 0 radical (unpaired) electrons. The maximum Gasteiger partial charge on any atom is 0.265 e. The molecule has 0 spiro atoms. The Balaban J connectivity index is 1.88. The molecule has 0 saturated carbocycles. The van der Waals surface area contributed by atoms with Crippen molar-refractivity contribution in [2.24, 2.45) is 0 Å². The van der Waals surface area contributed by atoms with E-state index in [0.717, 1.165) is 38.0 Å². The maximum absolute atomic E-state index is 13.1. The predicted molar refractivity (Wildman–Crippen MR) is 132 cm³/mol. The molecule has 1 amide bonds. The normalized spacial score (nSPS) is 15.0. The van der Waals surface area contributed by atoms with E-state index >= 15 is 0 Å². The van der Waals surface area contributed by atoms with Gasteiger partial charge in [-0.2, -0.15) is 9.57 Å². The average molecular weight is 485 g/mol. The Kier molecular flexibility index (Phi) is 8.53. The molecule has 1 saturated heterocycles. The van der Waals surface area contributed by atoms with E-state index in [1.54, 1.807) is 63.2 Å². The van der Waals surface area contributed by atoms with Gasteiger partial charge in [0.2, 0.25) is 10.0 Å². The van der Waals surface area contributed by atoms with Gasteiger partial charge in [0.15, 0.2) is 6.10 Å². The van der Waals surface area contributed by atoms with E-state index in [9.17, 15) is 13.2 Å². The number of nitrogens with one attached hydrogen (secondary N) is 1. The summed E-state index contributed by atoms with van der Waals surface area (Å²) in [5.41, 5.74) is 1.76. The minimum atomic E-state index is -3.68. The second kappa shape index (κ2) is 11.4. The van der Waals surface area contributed by atoms with Crippen LogP contribution in [-0.4, -0.2) is 50.9 Å².